The monoisotopic (exact) mass is 337 g/mol. The molecule has 0 saturated carbocycles. The van der Waals surface area contributed by atoms with Crippen molar-refractivity contribution in [2.24, 2.45) is 5.92 Å². The van der Waals surface area contributed by atoms with Crippen LogP contribution in [0.5, 0.6) is 5.75 Å². The Balaban J connectivity index is 1.52. The fourth-order valence-corrected chi connectivity index (χ4v) is 3.69. The molecule has 2 aliphatic rings. The Morgan fingerprint density at radius 3 is 2.68 bits per heavy atom. The van der Waals surface area contributed by atoms with E-state index in [1.165, 1.54) is 0 Å². The predicted octanol–water partition coefficient (Wildman–Crippen LogP) is 3.79. The van der Waals surface area contributed by atoms with Crippen LogP contribution < -0.4 is 10.1 Å². The van der Waals surface area contributed by atoms with Crippen molar-refractivity contribution in [2.45, 2.75) is 31.4 Å². The number of para-hydroxylation sites is 1. The van der Waals surface area contributed by atoms with E-state index < -0.39 is 0 Å². The van der Waals surface area contributed by atoms with Crippen LogP contribution in [0, 0.1) is 5.92 Å². The maximum absolute atomic E-state index is 12.5. The lowest BCUT2D eigenvalue weighted by Crippen LogP contribution is -2.34. The fourth-order valence-electron chi connectivity index (χ4n) is 3.69. The Bertz CT molecular complexity index is 725. The van der Waals surface area contributed by atoms with E-state index in [4.69, 9.17) is 9.47 Å². The molecule has 1 N–H and O–H groups in total. The number of amides is 1. The van der Waals surface area contributed by atoms with Crippen LogP contribution in [0.3, 0.4) is 0 Å². The van der Waals surface area contributed by atoms with E-state index in [1.54, 1.807) is 0 Å². The molecule has 2 heterocycles. The van der Waals surface area contributed by atoms with Gasteiger partial charge in [0.05, 0.1) is 6.04 Å². The van der Waals surface area contributed by atoms with Crippen molar-refractivity contribution < 1.29 is 14.3 Å². The van der Waals surface area contributed by atoms with Gasteiger partial charge in [-0.3, -0.25) is 4.79 Å². The first kappa shape index (κ1) is 16.2. The number of nitrogens with one attached hydrogen (secondary N) is 1. The first-order valence-corrected chi connectivity index (χ1v) is 8.97. The molecule has 0 bridgehead atoms. The number of rotatable bonds is 4. The molecule has 0 unspecified atom stereocenters. The lowest BCUT2D eigenvalue weighted by atomic mass is 9.92. The second kappa shape index (κ2) is 7.28. The second-order valence-electron chi connectivity index (χ2n) is 6.84. The fraction of sp³-hybridized carbons (Fsp3) is 0.381. The van der Waals surface area contributed by atoms with Gasteiger partial charge < -0.3 is 14.8 Å². The summed E-state index contributed by atoms with van der Waals surface area (Å²) < 4.78 is 11.6. The quantitative estimate of drug-likeness (QED) is 0.923. The predicted molar refractivity (Wildman–Crippen MR) is 95.3 cm³/mol. The SMILES string of the molecule is O=C(C[C@H]1CCOC1)N[C@@H]1C[C@@H](c2ccccc2)Oc2ccccc21. The van der Waals surface area contributed by atoms with Crippen LogP contribution in [0.1, 0.15) is 42.5 Å². The summed E-state index contributed by atoms with van der Waals surface area (Å²) in [5.74, 6) is 1.31. The Hall–Kier alpha value is -2.33. The van der Waals surface area contributed by atoms with E-state index in [2.05, 4.69) is 17.4 Å². The average Bonchev–Trinajstić information content (AvgIpc) is 3.15. The minimum absolute atomic E-state index is 0.0232. The molecule has 0 radical (unpaired) electrons. The summed E-state index contributed by atoms with van der Waals surface area (Å²) in [6, 6.07) is 18.2. The number of hydrogen-bond donors (Lipinski definition) is 1. The van der Waals surface area contributed by atoms with Crippen LogP contribution in [-0.2, 0) is 9.53 Å². The molecule has 130 valence electrons. The second-order valence-corrected chi connectivity index (χ2v) is 6.84. The average molecular weight is 337 g/mol. The molecule has 2 aromatic carbocycles. The topological polar surface area (TPSA) is 47.6 Å². The Kier molecular flexibility index (Phi) is 4.70. The summed E-state index contributed by atoms with van der Waals surface area (Å²) in [5.41, 5.74) is 2.20. The third-order valence-corrected chi connectivity index (χ3v) is 5.02. The zero-order chi connectivity index (χ0) is 17.1. The summed E-state index contributed by atoms with van der Waals surface area (Å²) >= 11 is 0. The zero-order valence-corrected chi connectivity index (χ0v) is 14.2. The summed E-state index contributed by atoms with van der Waals surface area (Å²) in [5, 5.41) is 3.23. The minimum atomic E-state index is -0.0452. The standard InChI is InChI=1S/C21H23NO3/c23-21(12-15-10-11-24-14-15)22-18-13-20(16-6-2-1-3-7-16)25-19-9-5-4-8-17(18)19/h1-9,15,18,20H,10-14H2,(H,22,23)/t15-,18-,20+/m1/s1. The molecular formula is C21H23NO3. The van der Waals surface area contributed by atoms with Gasteiger partial charge in [-0.25, -0.2) is 0 Å². The normalized spacial score (nSPS) is 25.0. The zero-order valence-electron chi connectivity index (χ0n) is 14.2. The van der Waals surface area contributed by atoms with Gasteiger partial charge in [0, 0.05) is 31.6 Å². The Morgan fingerprint density at radius 2 is 1.88 bits per heavy atom. The molecular weight excluding hydrogens is 314 g/mol. The number of ether oxygens (including phenoxy) is 2. The van der Waals surface area contributed by atoms with Gasteiger partial charge in [-0.1, -0.05) is 48.5 Å². The van der Waals surface area contributed by atoms with Crippen LogP contribution >= 0.6 is 0 Å². The number of benzene rings is 2. The molecule has 4 heteroatoms. The van der Waals surface area contributed by atoms with E-state index >= 15 is 0 Å². The van der Waals surface area contributed by atoms with E-state index in [-0.39, 0.29) is 18.1 Å². The van der Waals surface area contributed by atoms with Gasteiger partial charge in [0.15, 0.2) is 0 Å². The van der Waals surface area contributed by atoms with E-state index in [9.17, 15) is 4.79 Å². The molecule has 4 nitrogen and oxygen atoms in total. The largest absolute Gasteiger partial charge is 0.485 e. The molecule has 0 spiro atoms. The van der Waals surface area contributed by atoms with Gasteiger partial charge in [0.25, 0.3) is 0 Å². The summed E-state index contributed by atoms with van der Waals surface area (Å²) in [6.45, 7) is 1.47. The summed E-state index contributed by atoms with van der Waals surface area (Å²) in [4.78, 5) is 12.5. The molecule has 1 amide bonds. The number of fused-ring (bicyclic) bond motifs is 1. The highest BCUT2D eigenvalue weighted by molar-refractivity contribution is 5.77. The van der Waals surface area contributed by atoms with Gasteiger partial charge >= 0.3 is 0 Å². The van der Waals surface area contributed by atoms with Crippen molar-refractivity contribution in [1.29, 1.82) is 0 Å². The molecule has 25 heavy (non-hydrogen) atoms. The van der Waals surface area contributed by atoms with Gasteiger partial charge in [-0.2, -0.15) is 0 Å². The van der Waals surface area contributed by atoms with E-state index in [0.717, 1.165) is 36.3 Å². The van der Waals surface area contributed by atoms with Crippen molar-refractivity contribution in [1.82, 2.24) is 5.32 Å². The molecule has 2 aliphatic heterocycles. The van der Waals surface area contributed by atoms with Crippen LogP contribution in [0.4, 0.5) is 0 Å². The summed E-state index contributed by atoms with van der Waals surface area (Å²) in [7, 11) is 0. The Morgan fingerprint density at radius 1 is 1.08 bits per heavy atom. The van der Waals surface area contributed by atoms with Gasteiger partial charge in [0.1, 0.15) is 11.9 Å². The van der Waals surface area contributed by atoms with Crippen LogP contribution in [0.25, 0.3) is 0 Å². The Labute approximate surface area is 148 Å². The van der Waals surface area contributed by atoms with Crippen molar-refractivity contribution in [2.75, 3.05) is 13.2 Å². The molecule has 0 aromatic heterocycles. The third kappa shape index (κ3) is 3.69. The molecule has 0 aliphatic carbocycles. The number of hydrogen-bond acceptors (Lipinski definition) is 3. The van der Waals surface area contributed by atoms with Crippen LogP contribution in [0.15, 0.2) is 54.6 Å². The first-order valence-electron chi connectivity index (χ1n) is 8.97. The van der Waals surface area contributed by atoms with Crippen molar-refractivity contribution in [3.8, 4) is 5.75 Å². The van der Waals surface area contributed by atoms with Crippen molar-refractivity contribution in [3.63, 3.8) is 0 Å². The molecule has 1 saturated heterocycles. The third-order valence-electron chi connectivity index (χ3n) is 5.02. The molecule has 2 aromatic rings. The highest BCUT2D eigenvalue weighted by atomic mass is 16.5. The first-order chi connectivity index (χ1) is 12.3. The van der Waals surface area contributed by atoms with E-state index in [1.807, 2.05) is 42.5 Å². The van der Waals surface area contributed by atoms with Gasteiger partial charge in [0.2, 0.25) is 5.91 Å². The maximum atomic E-state index is 12.5. The van der Waals surface area contributed by atoms with Crippen LogP contribution in [-0.4, -0.2) is 19.1 Å². The highest BCUT2D eigenvalue weighted by Crippen LogP contribution is 2.40. The van der Waals surface area contributed by atoms with Crippen molar-refractivity contribution in [3.05, 3.63) is 65.7 Å². The molecule has 4 rings (SSSR count). The number of carbonyl (C=O) groups excluding carboxylic acids is 1. The van der Waals surface area contributed by atoms with Gasteiger partial charge in [-0.05, 0) is 24.0 Å². The minimum Gasteiger partial charge on any atom is -0.485 e. The van der Waals surface area contributed by atoms with Gasteiger partial charge in [-0.15, -0.1) is 0 Å². The summed E-state index contributed by atoms with van der Waals surface area (Å²) in [6.07, 6.45) is 2.21. The number of carbonyl (C=O) groups is 1. The highest BCUT2D eigenvalue weighted by Gasteiger charge is 2.30. The molecule has 3 atom stereocenters. The van der Waals surface area contributed by atoms with Crippen molar-refractivity contribution >= 4 is 5.91 Å². The lowest BCUT2D eigenvalue weighted by molar-refractivity contribution is -0.123. The smallest absolute Gasteiger partial charge is 0.220 e. The molecule has 1 fully saturated rings. The van der Waals surface area contributed by atoms with Crippen LogP contribution in [0.2, 0.25) is 0 Å². The maximum Gasteiger partial charge on any atom is 0.220 e. The lowest BCUT2D eigenvalue weighted by Gasteiger charge is -2.33. The van der Waals surface area contributed by atoms with E-state index in [0.29, 0.717) is 18.9 Å².